The average molecular weight is 330 g/mol. The molecule has 2 rings (SSSR count). The average Bonchev–Trinajstić information content (AvgIpc) is 2.54. The minimum absolute atomic E-state index is 0.145. The molecule has 0 bridgehead atoms. The second-order valence-electron chi connectivity index (χ2n) is 5.69. The van der Waals surface area contributed by atoms with E-state index in [1.54, 1.807) is 0 Å². The summed E-state index contributed by atoms with van der Waals surface area (Å²) in [6.07, 6.45) is 0.677. The van der Waals surface area contributed by atoms with E-state index < -0.39 is 6.04 Å². The van der Waals surface area contributed by atoms with E-state index in [0.717, 1.165) is 16.4 Å². The van der Waals surface area contributed by atoms with Gasteiger partial charge in [0, 0.05) is 4.90 Å². The standard InChI is InChI=1S/C18H22N2O2S/c1-13(2)12-17(19)18(21)20-23-16-10-8-15(9-11-16)22-14-6-4-3-5-7-14/h3-11,13,17H,12,19H2,1-2H3,(H,20,21). The number of hydrogen-bond acceptors (Lipinski definition) is 4. The molecule has 0 saturated heterocycles. The number of nitrogens with one attached hydrogen (secondary N) is 1. The first-order valence-electron chi connectivity index (χ1n) is 7.60. The number of nitrogens with two attached hydrogens (primary N) is 1. The van der Waals surface area contributed by atoms with Gasteiger partial charge in [0.05, 0.1) is 6.04 Å². The van der Waals surface area contributed by atoms with Crippen LogP contribution in [0.1, 0.15) is 20.3 Å². The third-order valence-corrected chi connectivity index (χ3v) is 3.95. The van der Waals surface area contributed by atoms with Crippen LogP contribution in [0.3, 0.4) is 0 Å². The molecule has 1 unspecified atom stereocenters. The topological polar surface area (TPSA) is 64.4 Å². The first kappa shape index (κ1) is 17.4. The molecule has 0 radical (unpaired) electrons. The van der Waals surface area contributed by atoms with E-state index in [1.807, 2.05) is 68.4 Å². The number of para-hydroxylation sites is 1. The van der Waals surface area contributed by atoms with Gasteiger partial charge < -0.3 is 10.5 Å². The predicted molar refractivity (Wildman–Crippen MR) is 94.4 cm³/mol. The molecule has 5 heteroatoms. The van der Waals surface area contributed by atoms with Crippen LogP contribution < -0.4 is 15.2 Å². The Morgan fingerprint density at radius 3 is 2.30 bits per heavy atom. The Kier molecular flexibility index (Phi) is 6.50. The number of amides is 1. The molecule has 23 heavy (non-hydrogen) atoms. The van der Waals surface area contributed by atoms with Crippen LogP contribution in [0.2, 0.25) is 0 Å². The van der Waals surface area contributed by atoms with Gasteiger partial charge in [-0.15, -0.1) is 0 Å². The summed E-state index contributed by atoms with van der Waals surface area (Å²) in [6.45, 7) is 4.09. The van der Waals surface area contributed by atoms with Crippen molar-refractivity contribution in [2.45, 2.75) is 31.2 Å². The molecule has 122 valence electrons. The fourth-order valence-corrected chi connectivity index (χ4v) is 2.64. The van der Waals surface area contributed by atoms with Crippen LogP contribution in [0, 0.1) is 5.92 Å². The molecular weight excluding hydrogens is 308 g/mol. The maximum Gasteiger partial charge on any atom is 0.246 e. The molecule has 0 aliphatic heterocycles. The van der Waals surface area contributed by atoms with Crippen molar-refractivity contribution in [3.63, 3.8) is 0 Å². The fourth-order valence-electron chi connectivity index (χ4n) is 2.00. The lowest BCUT2D eigenvalue weighted by atomic mass is 10.0. The van der Waals surface area contributed by atoms with Crippen LogP contribution in [0.25, 0.3) is 0 Å². The molecule has 0 aliphatic carbocycles. The van der Waals surface area contributed by atoms with Crippen LogP contribution in [0.5, 0.6) is 11.5 Å². The van der Waals surface area contributed by atoms with E-state index in [4.69, 9.17) is 10.5 Å². The summed E-state index contributed by atoms with van der Waals surface area (Å²) in [5.41, 5.74) is 5.85. The monoisotopic (exact) mass is 330 g/mol. The number of hydrogen-bond donors (Lipinski definition) is 2. The Bertz CT molecular complexity index is 615. The maximum absolute atomic E-state index is 11.9. The normalized spacial score (nSPS) is 12.0. The second-order valence-corrected chi connectivity index (χ2v) is 6.57. The predicted octanol–water partition coefficient (Wildman–Crippen LogP) is 3.98. The van der Waals surface area contributed by atoms with Crippen LogP contribution in [-0.4, -0.2) is 11.9 Å². The first-order chi connectivity index (χ1) is 11.0. The third-order valence-electron chi connectivity index (χ3n) is 3.13. The van der Waals surface area contributed by atoms with Crippen molar-refractivity contribution in [2.75, 3.05) is 0 Å². The Morgan fingerprint density at radius 2 is 1.70 bits per heavy atom. The largest absolute Gasteiger partial charge is 0.457 e. The van der Waals surface area contributed by atoms with Gasteiger partial charge in [0.1, 0.15) is 11.5 Å². The molecule has 0 aliphatic rings. The van der Waals surface area contributed by atoms with Gasteiger partial charge in [-0.1, -0.05) is 32.0 Å². The van der Waals surface area contributed by atoms with E-state index in [-0.39, 0.29) is 5.91 Å². The lowest BCUT2D eigenvalue weighted by molar-refractivity contribution is -0.120. The highest BCUT2D eigenvalue weighted by Crippen LogP contribution is 2.24. The van der Waals surface area contributed by atoms with Crippen LogP contribution in [-0.2, 0) is 4.79 Å². The second kappa shape index (κ2) is 8.60. The van der Waals surface area contributed by atoms with Gasteiger partial charge in [0.2, 0.25) is 5.91 Å². The zero-order valence-corrected chi connectivity index (χ0v) is 14.2. The van der Waals surface area contributed by atoms with E-state index in [0.29, 0.717) is 12.3 Å². The molecule has 1 amide bonds. The van der Waals surface area contributed by atoms with Gasteiger partial charge in [0.25, 0.3) is 0 Å². The van der Waals surface area contributed by atoms with Crippen molar-refractivity contribution in [2.24, 2.45) is 11.7 Å². The summed E-state index contributed by atoms with van der Waals surface area (Å²) in [5, 5.41) is 0. The molecule has 0 fully saturated rings. The Balaban J connectivity index is 1.84. The van der Waals surface area contributed by atoms with Crippen molar-refractivity contribution in [3.05, 3.63) is 54.6 Å². The fraction of sp³-hybridized carbons (Fsp3) is 0.278. The summed E-state index contributed by atoms with van der Waals surface area (Å²) >= 11 is 1.26. The highest BCUT2D eigenvalue weighted by Gasteiger charge is 2.14. The van der Waals surface area contributed by atoms with Gasteiger partial charge >= 0.3 is 0 Å². The number of carbonyl (C=O) groups excluding carboxylic acids is 1. The summed E-state index contributed by atoms with van der Waals surface area (Å²) in [5.74, 6) is 1.80. The molecular formula is C18H22N2O2S. The number of benzene rings is 2. The lowest BCUT2D eigenvalue weighted by Crippen LogP contribution is -2.38. The minimum atomic E-state index is -0.469. The van der Waals surface area contributed by atoms with Crippen molar-refractivity contribution in [1.82, 2.24) is 4.72 Å². The van der Waals surface area contributed by atoms with Crippen LogP contribution in [0.4, 0.5) is 0 Å². The van der Waals surface area contributed by atoms with Gasteiger partial charge in [0.15, 0.2) is 0 Å². The van der Waals surface area contributed by atoms with Crippen molar-refractivity contribution >= 4 is 17.9 Å². The third kappa shape index (κ3) is 5.96. The minimum Gasteiger partial charge on any atom is -0.457 e. The van der Waals surface area contributed by atoms with Crippen molar-refractivity contribution in [3.8, 4) is 11.5 Å². The van der Waals surface area contributed by atoms with E-state index in [2.05, 4.69) is 4.72 Å². The Labute approximate surface area is 141 Å². The van der Waals surface area contributed by atoms with Crippen molar-refractivity contribution in [1.29, 1.82) is 0 Å². The van der Waals surface area contributed by atoms with Gasteiger partial charge in [-0.3, -0.25) is 9.52 Å². The van der Waals surface area contributed by atoms with Gasteiger partial charge in [-0.25, -0.2) is 0 Å². The van der Waals surface area contributed by atoms with Gasteiger partial charge in [-0.2, -0.15) is 0 Å². The molecule has 2 aromatic carbocycles. The Hall–Kier alpha value is -1.98. The lowest BCUT2D eigenvalue weighted by Gasteiger charge is -2.13. The zero-order chi connectivity index (χ0) is 16.7. The van der Waals surface area contributed by atoms with E-state index >= 15 is 0 Å². The molecule has 4 nitrogen and oxygen atoms in total. The van der Waals surface area contributed by atoms with Crippen LogP contribution in [0.15, 0.2) is 59.5 Å². The molecule has 1 atom stereocenters. The quantitative estimate of drug-likeness (QED) is 0.754. The molecule has 0 heterocycles. The summed E-state index contributed by atoms with van der Waals surface area (Å²) < 4.78 is 8.51. The number of carbonyl (C=O) groups is 1. The number of rotatable bonds is 7. The summed E-state index contributed by atoms with van der Waals surface area (Å²) in [7, 11) is 0. The molecule has 2 aromatic rings. The zero-order valence-electron chi connectivity index (χ0n) is 13.4. The number of ether oxygens (including phenoxy) is 1. The smallest absolute Gasteiger partial charge is 0.246 e. The summed E-state index contributed by atoms with van der Waals surface area (Å²) in [4.78, 5) is 12.8. The van der Waals surface area contributed by atoms with Crippen LogP contribution >= 0.6 is 11.9 Å². The molecule has 3 N–H and O–H groups in total. The van der Waals surface area contributed by atoms with Gasteiger partial charge in [-0.05, 0) is 60.7 Å². The summed E-state index contributed by atoms with van der Waals surface area (Å²) in [6, 6.07) is 16.7. The van der Waals surface area contributed by atoms with E-state index in [1.165, 1.54) is 11.9 Å². The van der Waals surface area contributed by atoms with Crippen molar-refractivity contribution < 1.29 is 9.53 Å². The molecule has 0 aromatic heterocycles. The Morgan fingerprint density at radius 1 is 1.09 bits per heavy atom. The highest BCUT2D eigenvalue weighted by atomic mass is 32.2. The SMILES string of the molecule is CC(C)CC(N)C(=O)NSc1ccc(Oc2ccccc2)cc1. The maximum atomic E-state index is 11.9. The van der Waals surface area contributed by atoms with E-state index in [9.17, 15) is 4.79 Å². The molecule has 0 saturated carbocycles. The first-order valence-corrected chi connectivity index (χ1v) is 8.41. The highest BCUT2D eigenvalue weighted by molar-refractivity contribution is 7.98. The molecule has 0 spiro atoms.